The van der Waals surface area contributed by atoms with E-state index in [1.54, 1.807) is 23.1 Å². The molecule has 98 valence electrons. The van der Waals surface area contributed by atoms with E-state index in [9.17, 15) is 9.90 Å². The van der Waals surface area contributed by atoms with Crippen LogP contribution in [0.5, 0.6) is 0 Å². The minimum absolute atomic E-state index is 0.0508. The number of nitrogens with two attached hydrogens (primary N) is 1. The summed E-state index contributed by atoms with van der Waals surface area (Å²) in [5.74, 6) is 0.105. The van der Waals surface area contributed by atoms with E-state index in [0.29, 0.717) is 24.3 Å². The molecule has 1 amide bonds. The van der Waals surface area contributed by atoms with E-state index in [1.165, 1.54) is 0 Å². The Morgan fingerprint density at radius 3 is 2.61 bits per heavy atom. The Morgan fingerprint density at radius 2 is 2.06 bits per heavy atom. The maximum absolute atomic E-state index is 12.3. The summed E-state index contributed by atoms with van der Waals surface area (Å²) in [5.41, 5.74) is 7.13. The fourth-order valence-electron chi connectivity index (χ4n) is 2.18. The predicted octanol–water partition coefficient (Wildman–Crippen LogP) is 1.42. The third-order valence-electron chi connectivity index (χ3n) is 3.90. The zero-order valence-electron chi connectivity index (χ0n) is 11.1. The Balaban J connectivity index is 2.13. The van der Waals surface area contributed by atoms with E-state index in [1.807, 2.05) is 20.8 Å². The molecule has 18 heavy (non-hydrogen) atoms. The lowest BCUT2D eigenvalue weighted by Gasteiger charge is -2.49. The number of hydrogen-bond donors (Lipinski definition) is 2. The molecule has 0 bridgehead atoms. The molecular formula is C14H20N2O2. The van der Waals surface area contributed by atoms with Crippen LogP contribution in [0.1, 0.15) is 29.8 Å². The average Bonchev–Trinajstić information content (AvgIpc) is 2.27. The first-order valence-electron chi connectivity index (χ1n) is 6.22. The SMILES string of the molecule is Cc1c(N)cccc1C(=O)N1CC(O)(C(C)C)C1. The smallest absolute Gasteiger partial charge is 0.254 e. The molecule has 0 spiro atoms. The molecule has 1 heterocycles. The van der Waals surface area contributed by atoms with Gasteiger partial charge in [-0.05, 0) is 30.5 Å². The molecule has 0 atom stereocenters. The van der Waals surface area contributed by atoms with E-state index in [0.717, 1.165) is 5.56 Å². The number of anilines is 1. The summed E-state index contributed by atoms with van der Waals surface area (Å²) >= 11 is 0. The summed E-state index contributed by atoms with van der Waals surface area (Å²) in [6.07, 6.45) is 0. The fourth-order valence-corrected chi connectivity index (χ4v) is 2.18. The van der Waals surface area contributed by atoms with Crippen LogP contribution in [0.3, 0.4) is 0 Å². The zero-order valence-corrected chi connectivity index (χ0v) is 11.1. The second-order valence-electron chi connectivity index (χ2n) is 5.44. The van der Waals surface area contributed by atoms with Gasteiger partial charge in [0, 0.05) is 11.3 Å². The van der Waals surface area contributed by atoms with Crippen molar-refractivity contribution in [2.45, 2.75) is 26.4 Å². The summed E-state index contributed by atoms with van der Waals surface area (Å²) in [7, 11) is 0. The molecule has 1 fully saturated rings. The van der Waals surface area contributed by atoms with E-state index in [-0.39, 0.29) is 11.8 Å². The quantitative estimate of drug-likeness (QED) is 0.778. The Kier molecular flexibility index (Phi) is 3.07. The standard InChI is InChI=1S/C14H20N2O2/c1-9(2)14(18)7-16(8-14)13(17)11-5-4-6-12(15)10(11)3/h4-6,9,18H,7-8,15H2,1-3H3. The molecular weight excluding hydrogens is 228 g/mol. The predicted molar refractivity (Wildman–Crippen MR) is 71.3 cm³/mol. The molecule has 1 saturated heterocycles. The molecule has 1 aromatic carbocycles. The summed E-state index contributed by atoms with van der Waals surface area (Å²) in [6, 6.07) is 5.34. The summed E-state index contributed by atoms with van der Waals surface area (Å²) < 4.78 is 0. The van der Waals surface area contributed by atoms with Gasteiger partial charge in [0.25, 0.3) is 5.91 Å². The number of hydrogen-bond acceptors (Lipinski definition) is 3. The Morgan fingerprint density at radius 1 is 1.44 bits per heavy atom. The lowest BCUT2D eigenvalue weighted by molar-refractivity contribution is -0.110. The van der Waals surface area contributed by atoms with Gasteiger partial charge in [-0.15, -0.1) is 0 Å². The third-order valence-corrected chi connectivity index (χ3v) is 3.90. The molecule has 4 nitrogen and oxygen atoms in total. The first kappa shape index (κ1) is 12.9. The van der Waals surface area contributed by atoms with Crippen LogP contribution in [0.2, 0.25) is 0 Å². The van der Waals surface area contributed by atoms with Gasteiger partial charge in [0.15, 0.2) is 0 Å². The monoisotopic (exact) mass is 248 g/mol. The maximum atomic E-state index is 12.3. The number of β-amino-alcohol motifs (C(OH)–C–C–N with tert-alkyl or cyclic N) is 1. The van der Waals surface area contributed by atoms with E-state index in [2.05, 4.69) is 0 Å². The third kappa shape index (κ3) is 1.97. The highest BCUT2D eigenvalue weighted by Crippen LogP contribution is 2.30. The van der Waals surface area contributed by atoms with E-state index < -0.39 is 5.60 Å². The number of nitrogens with zero attached hydrogens (tertiary/aromatic N) is 1. The fraction of sp³-hybridized carbons (Fsp3) is 0.500. The molecule has 1 aromatic rings. The van der Waals surface area contributed by atoms with Gasteiger partial charge >= 0.3 is 0 Å². The average molecular weight is 248 g/mol. The van der Waals surface area contributed by atoms with Crippen molar-refractivity contribution in [3.8, 4) is 0 Å². The number of benzene rings is 1. The number of likely N-dealkylation sites (tertiary alicyclic amines) is 1. The highest BCUT2D eigenvalue weighted by molar-refractivity contribution is 5.97. The second kappa shape index (κ2) is 4.28. The van der Waals surface area contributed by atoms with E-state index >= 15 is 0 Å². The van der Waals surface area contributed by atoms with Crippen molar-refractivity contribution in [3.05, 3.63) is 29.3 Å². The lowest BCUT2D eigenvalue weighted by atomic mass is 9.82. The first-order valence-corrected chi connectivity index (χ1v) is 6.22. The van der Waals surface area contributed by atoms with Gasteiger partial charge in [0.1, 0.15) is 5.60 Å². The van der Waals surface area contributed by atoms with Crippen molar-refractivity contribution in [2.75, 3.05) is 18.8 Å². The second-order valence-corrected chi connectivity index (χ2v) is 5.44. The zero-order chi connectivity index (χ0) is 13.5. The molecule has 0 aromatic heterocycles. The Hall–Kier alpha value is -1.55. The molecule has 2 rings (SSSR count). The molecule has 0 saturated carbocycles. The van der Waals surface area contributed by atoms with Gasteiger partial charge in [-0.1, -0.05) is 19.9 Å². The van der Waals surface area contributed by atoms with E-state index in [4.69, 9.17) is 5.73 Å². The van der Waals surface area contributed by atoms with Gasteiger partial charge < -0.3 is 15.7 Å². The van der Waals surface area contributed by atoms with Crippen LogP contribution >= 0.6 is 0 Å². The van der Waals surface area contributed by atoms with Crippen LogP contribution in [0, 0.1) is 12.8 Å². The van der Waals surface area contributed by atoms with Crippen molar-refractivity contribution in [1.29, 1.82) is 0 Å². The molecule has 0 aliphatic carbocycles. The van der Waals surface area contributed by atoms with Crippen molar-refractivity contribution in [1.82, 2.24) is 4.90 Å². The summed E-state index contributed by atoms with van der Waals surface area (Å²) in [6.45, 7) is 6.58. The van der Waals surface area contributed by atoms with Crippen molar-refractivity contribution < 1.29 is 9.90 Å². The first-order chi connectivity index (χ1) is 8.35. The van der Waals surface area contributed by atoms with Gasteiger partial charge in [-0.2, -0.15) is 0 Å². The van der Waals surface area contributed by atoms with Crippen LogP contribution in [-0.4, -0.2) is 34.6 Å². The normalized spacial score (nSPS) is 17.7. The lowest BCUT2D eigenvalue weighted by Crippen LogP contribution is -2.66. The topological polar surface area (TPSA) is 66.6 Å². The maximum Gasteiger partial charge on any atom is 0.254 e. The molecule has 3 N–H and O–H groups in total. The number of nitrogen functional groups attached to an aromatic ring is 1. The number of aliphatic hydroxyl groups is 1. The number of carbonyl (C=O) groups excluding carboxylic acids is 1. The van der Waals surface area contributed by atoms with Crippen LogP contribution in [0.25, 0.3) is 0 Å². The van der Waals surface area contributed by atoms with Gasteiger partial charge in [0.2, 0.25) is 0 Å². The number of rotatable bonds is 2. The van der Waals surface area contributed by atoms with Crippen molar-refractivity contribution in [3.63, 3.8) is 0 Å². The highest BCUT2D eigenvalue weighted by Gasteiger charge is 2.46. The molecule has 0 radical (unpaired) electrons. The summed E-state index contributed by atoms with van der Waals surface area (Å²) in [5, 5.41) is 10.2. The largest absolute Gasteiger partial charge is 0.398 e. The highest BCUT2D eigenvalue weighted by atomic mass is 16.3. The van der Waals surface area contributed by atoms with Crippen molar-refractivity contribution >= 4 is 11.6 Å². The Labute approximate surface area is 107 Å². The summed E-state index contributed by atoms with van der Waals surface area (Å²) in [4.78, 5) is 13.9. The van der Waals surface area contributed by atoms with Crippen LogP contribution in [-0.2, 0) is 0 Å². The minimum atomic E-state index is -0.732. The van der Waals surface area contributed by atoms with Crippen LogP contribution in [0.4, 0.5) is 5.69 Å². The molecule has 0 unspecified atom stereocenters. The number of amides is 1. The molecule has 1 aliphatic rings. The van der Waals surface area contributed by atoms with Gasteiger partial charge in [-0.25, -0.2) is 0 Å². The van der Waals surface area contributed by atoms with Crippen LogP contribution < -0.4 is 5.73 Å². The van der Waals surface area contributed by atoms with Gasteiger partial charge in [0.05, 0.1) is 13.1 Å². The minimum Gasteiger partial charge on any atom is -0.398 e. The number of carbonyl (C=O) groups is 1. The van der Waals surface area contributed by atoms with Crippen LogP contribution in [0.15, 0.2) is 18.2 Å². The van der Waals surface area contributed by atoms with Crippen molar-refractivity contribution in [2.24, 2.45) is 5.92 Å². The molecule has 4 heteroatoms. The van der Waals surface area contributed by atoms with Gasteiger partial charge in [-0.3, -0.25) is 4.79 Å². The molecule has 1 aliphatic heterocycles. The Bertz CT molecular complexity index is 477.